The molecule has 3 aromatic carbocycles. The van der Waals surface area contributed by atoms with Crippen molar-refractivity contribution in [1.82, 2.24) is 40.4 Å². The minimum absolute atomic E-state index is 0.0513. The van der Waals surface area contributed by atoms with Gasteiger partial charge in [-0.25, -0.2) is 19.6 Å². The maximum Gasteiger partial charge on any atom is 0.407 e. The molecule has 17 heteroatoms. The summed E-state index contributed by atoms with van der Waals surface area (Å²) in [6, 6.07) is 14.1. The Morgan fingerprint density at radius 2 is 1.22 bits per heavy atom. The molecule has 4 N–H and O–H groups in total. The van der Waals surface area contributed by atoms with E-state index in [1.54, 1.807) is 12.4 Å². The van der Waals surface area contributed by atoms with Gasteiger partial charge in [0, 0.05) is 59.7 Å². The van der Waals surface area contributed by atoms with Gasteiger partial charge in [0.25, 0.3) is 5.91 Å². The largest absolute Gasteiger partial charge is 0.488 e. The van der Waals surface area contributed by atoms with Crippen molar-refractivity contribution >= 4 is 24.0 Å². The van der Waals surface area contributed by atoms with Crippen molar-refractivity contribution in [1.29, 1.82) is 0 Å². The van der Waals surface area contributed by atoms with E-state index in [2.05, 4.69) is 44.9 Å². The zero-order chi connectivity index (χ0) is 46.5. The van der Waals surface area contributed by atoms with Crippen LogP contribution in [0.15, 0.2) is 60.9 Å². The number of nitrogens with zero attached hydrogens (tertiary/aromatic N) is 4. The zero-order valence-corrected chi connectivity index (χ0v) is 38.3. The number of imidazole rings is 2. The molecule has 1 saturated carbocycles. The number of likely N-dealkylation sites (tertiary alicyclic amines) is 2. The van der Waals surface area contributed by atoms with Gasteiger partial charge in [-0.2, -0.15) is 0 Å². The third-order valence-electron chi connectivity index (χ3n) is 14.9. The lowest BCUT2D eigenvalue weighted by molar-refractivity contribution is -0.137. The van der Waals surface area contributed by atoms with E-state index in [0.29, 0.717) is 75.5 Å². The number of H-pyrrole nitrogens is 2. The summed E-state index contributed by atoms with van der Waals surface area (Å²) in [5, 5.41) is 5.62. The minimum atomic E-state index is -0.903. The topological polar surface area (TPSA) is 202 Å². The highest BCUT2D eigenvalue weighted by Crippen LogP contribution is 2.51. The number of carbonyl (C=O) groups is 4. The summed E-state index contributed by atoms with van der Waals surface area (Å²) >= 11 is 0. The molecule has 354 valence electrons. The molecule has 0 spiro atoms. The van der Waals surface area contributed by atoms with Crippen molar-refractivity contribution < 1.29 is 42.9 Å². The molecule has 4 atom stereocenters. The van der Waals surface area contributed by atoms with Crippen LogP contribution in [0.1, 0.15) is 116 Å². The monoisotopic (exact) mass is 924 g/mol. The Bertz CT molecular complexity index is 2690. The molecule has 68 heavy (non-hydrogen) atoms. The summed E-state index contributed by atoms with van der Waals surface area (Å²) in [6.45, 7) is 2.86. The number of benzene rings is 3. The first kappa shape index (κ1) is 43.7. The maximum absolute atomic E-state index is 14.3. The lowest BCUT2D eigenvalue weighted by atomic mass is 9.80. The minimum Gasteiger partial charge on any atom is -0.488 e. The molecule has 6 aliphatic rings. The second-order valence-corrected chi connectivity index (χ2v) is 18.8. The van der Waals surface area contributed by atoms with Crippen molar-refractivity contribution in [3.63, 3.8) is 0 Å². The van der Waals surface area contributed by atoms with E-state index in [0.717, 1.165) is 82.0 Å². The first-order valence-corrected chi connectivity index (χ1v) is 23.9. The molecular weight excluding hydrogens is 869 g/mol. The van der Waals surface area contributed by atoms with Gasteiger partial charge in [0.15, 0.2) is 0 Å². The highest BCUT2D eigenvalue weighted by molar-refractivity contribution is 5.90. The Kier molecular flexibility index (Phi) is 11.8. The van der Waals surface area contributed by atoms with Crippen LogP contribution in [0.5, 0.6) is 11.5 Å². The third kappa shape index (κ3) is 8.09. The van der Waals surface area contributed by atoms with Crippen molar-refractivity contribution in [2.24, 2.45) is 5.92 Å². The molecule has 4 amide bonds. The van der Waals surface area contributed by atoms with Gasteiger partial charge in [-0.05, 0) is 98.6 Å². The highest BCUT2D eigenvalue weighted by atomic mass is 16.5. The Hall–Kier alpha value is -6.88. The number of carbonyl (C=O) groups excluding carboxylic acids is 4. The molecule has 0 radical (unpaired) electrons. The van der Waals surface area contributed by atoms with Crippen LogP contribution in [0.3, 0.4) is 0 Å². The number of nitrogens with one attached hydrogen (secondary N) is 4. The van der Waals surface area contributed by atoms with Crippen LogP contribution >= 0.6 is 0 Å². The van der Waals surface area contributed by atoms with Crippen LogP contribution in [0.4, 0.5) is 9.59 Å². The molecule has 0 bridgehead atoms. The number of alkyl carbamates (subject to hydrolysis) is 2. The number of aromatic amines is 2. The summed E-state index contributed by atoms with van der Waals surface area (Å²) in [5.41, 5.74) is 9.34. The van der Waals surface area contributed by atoms with Gasteiger partial charge in [-0.15, -0.1) is 0 Å². The third-order valence-corrected chi connectivity index (χ3v) is 14.9. The molecule has 0 unspecified atom stereocenters. The SMILES string of the molecule is COC(=O)N[C@H](C(=O)N1CCC[C@H]1c1ncc(-c2cc3c4c(c2)OCc2cc(-c5cnc([C@@H]6CCCN6C(=O)[C@H](NC(=O)OC)c6ccc(C7CCC7)cc6)[nH]5)cc(c2-4)OC3)[nH]1)C1CCOCC1. The van der Waals surface area contributed by atoms with Crippen LogP contribution in [0.2, 0.25) is 0 Å². The zero-order valence-electron chi connectivity index (χ0n) is 38.3. The van der Waals surface area contributed by atoms with E-state index in [9.17, 15) is 19.2 Å². The number of amides is 4. The van der Waals surface area contributed by atoms with Gasteiger partial charge >= 0.3 is 12.2 Å². The van der Waals surface area contributed by atoms with Gasteiger partial charge in [0.05, 0.1) is 50.1 Å². The molecule has 17 nitrogen and oxygen atoms in total. The quantitative estimate of drug-likeness (QED) is 0.101. The fraction of sp³-hybridized carbons (Fsp3) is 0.451. The first-order valence-electron chi connectivity index (χ1n) is 23.9. The van der Waals surface area contributed by atoms with Gasteiger partial charge in [-0.1, -0.05) is 30.7 Å². The molecule has 5 aromatic rings. The highest BCUT2D eigenvalue weighted by Gasteiger charge is 2.41. The molecule has 11 rings (SSSR count). The molecule has 4 fully saturated rings. The Morgan fingerprint density at radius 3 is 1.75 bits per heavy atom. The van der Waals surface area contributed by atoms with E-state index in [1.807, 2.05) is 34.1 Å². The summed E-state index contributed by atoms with van der Waals surface area (Å²) in [6.07, 6.45) is 10.3. The lowest BCUT2D eigenvalue weighted by Crippen LogP contribution is -2.53. The molecule has 2 aromatic heterocycles. The van der Waals surface area contributed by atoms with Crippen molar-refractivity contribution in [2.75, 3.05) is 40.5 Å². The standard InChI is InChI=1S/C51H56N8O9/c1-64-50(62)56-44(30-12-10-29(11-13-30)28-6-3-7-28)48(60)58-16-4-8-38(58)46-52-24-36(54-46)32-20-34-26-68-41-23-33(21-35-27-67-40(22-32)42(34)43(35)41)37-25-53-47(55-37)39-9-5-17-59(39)49(61)45(57-51(63)65-2)31-14-18-66-19-15-31/h10-13,20-25,28,31,38-39,44-45H,3-9,14-19,26-27H2,1-2H3,(H,52,54)(H,53,55)(H,56,62)(H,57,63)/t38-,39-,44+,45-/m0/s1. The average molecular weight is 925 g/mol. The van der Waals surface area contributed by atoms with Crippen LogP contribution < -0.4 is 20.1 Å². The van der Waals surface area contributed by atoms with Crippen LogP contribution in [-0.2, 0) is 37.0 Å². The second-order valence-electron chi connectivity index (χ2n) is 18.8. The maximum atomic E-state index is 14.3. The van der Waals surface area contributed by atoms with Gasteiger partial charge in [0.2, 0.25) is 5.91 Å². The lowest BCUT2D eigenvalue weighted by Gasteiger charge is -2.34. The van der Waals surface area contributed by atoms with Crippen LogP contribution in [-0.4, -0.2) is 100 Å². The predicted molar refractivity (Wildman–Crippen MR) is 247 cm³/mol. The van der Waals surface area contributed by atoms with Crippen LogP contribution in [0.25, 0.3) is 33.6 Å². The molecule has 1 aliphatic carbocycles. The van der Waals surface area contributed by atoms with Crippen molar-refractivity contribution in [3.8, 4) is 45.1 Å². The average Bonchev–Trinajstić information content (AvgIpc) is 4.21. The summed E-state index contributed by atoms with van der Waals surface area (Å²) < 4.78 is 28.4. The number of methoxy groups -OCH3 is 2. The number of ether oxygens (including phenoxy) is 5. The Morgan fingerprint density at radius 1 is 0.676 bits per heavy atom. The summed E-state index contributed by atoms with van der Waals surface area (Å²) in [4.78, 5) is 73.7. The number of hydrogen-bond acceptors (Lipinski definition) is 11. The number of rotatable bonds is 11. The van der Waals surface area contributed by atoms with E-state index in [4.69, 9.17) is 33.7 Å². The molecule has 3 saturated heterocycles. The molecular formula is C51H56N8O9. The number of hydrogen-bond donors (Lipinski definition) is 4. The Balaban J connectivity index is 0.809. The normalized spacial score (nSPS) is 20.6. The number of aromatic nitrogens is 4. The van der Waals surface area contributed by atoms with E-state index >= 15 is 0 Å². The fourth-order valence-corrected chi connectivity index (χ4v) is 11.1. The fourth-order valence-electron chi connectivity index (χ4n) is 11.1. The van der Waals surface area contributed by atoms with Crippen molar-refractivity contribution in [2.45, 2.75) is 101 Å². The second kappa shape index (κ2) is 18.3. The molecule has 7 heterocycles. The summed E-state index contributed by atoms with van der Waals surface area (Å²) in [5.74, 6) is 3.04. The van der Waals surface area contributed by atoms with E-state index < -0.39 is 24.3 Å². The first-order chi connectivity index (χ1) is 33.2. The van der Waals surface area contributed by atoms with Crippen molar-refractivity contribution in [3.05, 3.63) is 94.8 Å². The van der Waals surface area contributed by atoms with Gasteiger partial charge in [0.1, 0.15) is 48.4 Å². The van der Waals surface area contributed by atoms with E-state index in [1.165, 1.54) is 39.0 Å². The van der Waals surface area contributed by atoms with Gasteiger partial charge in [-0.3, -0.25) is 9.59 Å². The Labute approximate surface area is 393 Å². The van der Waals surface area contributed by atoms with Crippen LogP contribution in [0, 0.1) is 5.92 Å². The summed E-state index contributed by atoms with van der Waals surface area (Å²) in [7, 11) is 2.60. The van der Waals surface area contributed by atoms with Gasteiger partial charge < -0.3 is 54.1 Å². The smallest absolute Gasteiger partial charge is 0.407 e. The molecule has 5 aliphatic heterocycles. The predicted octanol–water partition coefficient (Wildman–Crippen LogP) is 7.76. The van der Waals surface area contributed by atoms with E-state index in [-0.39, 0.29) is 29.8 Å².